The normalized spacial score (nSPS) is 16.6. The standard InChI is InChI=1S/C23H24ClN7O3/c1-12(29-22-18-14(20(25)32)10-26-21(18)27-11-28-22)16-9-13-3-2-4-15(24)17(13)19(30-16)23(33)31-5-7-34-8-6-31/h2-4,9-12,23,33H,5-8H2,1H3,(H2,25,32)(H2,26,27,28,29)/t12-,23?/m0/s1. The van der Waals surface area contributed by atoms with E-state index in [1.165, 1.54) is 12.5 Å². The van der Waals surface area contributed by atoms with Crippen molar-refractivity contribution in [2.24, 2.45) is 5.73 Å². The molecule has 1 aliphatic rings. The molecule has 176 valence electrons. The van der Waals surface area contributed by atoms with Gasteiger partial charge in [0.25, 0.3) is 5.91 Å². The third kappa shape index (κ3) is 4.05. The first-order chi connectivity index (χ1) is 16.4. The Morgan fingerprint density at radius 3 is 2.85 bits per heavy atom. The topological polar surface area (TPSA) is 142 Å². The number of carbonyl (C=O) groups is 1. The van der Waals surface area contributed by atoms with Crippen molar-refractivity contribution in [3.63, 3.8) is 0 Å². The molecule has 0 spiro atoms. The monoisotopic (exact) mass is 481 g/mol. The number of morpholine rings is 1. The summed E-state index contributed by atoms with van der Waals surface area (Å²) in [7, 11) is 0. The van der Waals surface area contributed by atoms with E-state index in [0.717, 1.165) is 5.39 Å². The largest absolute Gasteiger partial charge is 0.379 e. The second-order valence-electron chi connectivity index (χ2n) is 8.17. The van der Waals surface area contributed by atoms with Crippen LogP contribution < -0.4 is 11.1 Å². The lowest BCUT2D eigenvalue weighted by Crippen LogP contribution is -2.39. The van der Waals surface area contributed by atoms with Crippen LogP contribution in [-0.4, -0.2) is 62.2 Å². The van der Waals surface area contributed by atoms with Crippen LogP contribution in [0.4, 0.5) is 5.82 Å². The predicted molar refractivity (Wildman–Crippen MR) is 129 cm³/mol. The number of rotatable bonds is 6. The molecule has 5 rings (SSSR count). The summed E-state index contributed by atoms with van der Waals surface area (Å²) in [5.74, 6) is -0.123. The number of aliphatic hydroxyl groups excluding tert-OH is 1. The Labute approximate surface area is 200 Å². The molecule has 34 heavy (non-hydrogen) atoms. The fourth-order valence-electron chi connectivity index (χ4n) is 4.27. The van der Waals surface area contributed by atoms with Crippen LogP contribution in [0.15, 0.2) is 36.8 Å². The average molecular weight is 482 g/mol. The van der Waals surface area contributed by atoms with Crippen LogP contribution in [0.3, 0.4) is 0 Å². The number of aromatic nitrogens is 4. The van der Waals surface area contributed by atoms with Gasteiger partial charge in [0.05, 0.1) is 46.6 Å². The maximum atomic E-state index is 11.9. The highest BCUT2D eigenvalue weighted by Crippen LogP contribution is 2.34. The molecule has 1 aromatic carbocycles. The number of aliphatic hydroxyl groups is 1. The van der Waals surface area contributed by atoms with Crippen molar-refractivity contribution >= 4 is 45.1 Å². The number of hydrogen-bond donors (Lipinski definition) is 4. The summed E-state index contributed by atoms with van der Waals surface area (Å²) in [5, 5.41) is 17.2. The summed E-state index contributed by atoms with van der Waals surface area (Å²) < 4.78 is 5.42. The molecule has 10 nitrogen and oxygen atoms in total. The van der Waals surface area contributed by atoms with Crippen LogP contribution in [0.25, 0.3) is 21.8 Å². The lowest BCUT2D eigenvalue weighted by Gasteiger charge is -2.31. The molecule has 1 saturated heterocycles. The van der Waals surface area contributed by atoms with Gasteiger partial charge < -0.3 is 25.9 Å². The molecule has 4 heterocycles. The highest BCUT2D eigenvalue weighted by molar-refractivity contribution is 6.35. The molecular weight excluding hydrogens is 458 g/mol. The Morgan fingerprint density at radius 1 is 1.29 bits per heavy atom. The van der Waals surface area contributed by atoms with Crippen molar-refractivity contribution in [1.82, 2.24) is 24.8 Å². The first-order valence-electron chi connectivity index (χ1n) is 10.9. The van der Waals surface area contributed by atoms with Gasteiger partial charge in [-0.1, -0.05) is 23.7 Å². The number of hydrogen-bond acceptors (Lipinski definition) is 8. The highest BCUT2D eigenvalue weighted by atomic mass is 35.5. The fourth-order valence-corrected chi connectivity index (χ4v) is 4.55. The van der Waals surface area contributed by atoms with Crippen molar-refractivity contribution in [3.05, 3.63) is 58.8 Å². The third-order valence-corrected chi connectivity index (χ3v) is 6.34. The molecule has 1 amide bonds. The molecule has 2 atom stereocenters. The number of amides is 1. The maximum absolute atomic E-state index is 11.9. The van der Waals surface area contributed by atoms with E-state index in [1.807, 2.05) is 30.0 Å². The second-order valence-corrected chi connectivity index (χ2v) is 8.58. The Kier molecular flexibility index (Phi) is 6.05. The van der Waals surface area contributed by atoms with Gasteiger partial charge in [0.15, 0.2) is 6.23 Å². The van der Waals surface area contributed by atoms with E-state index < -0.39 is 12.1 Å². The van der Waals surface area contributed by atoms with Crippen LogP contribution in [0.1, 0.15) is 40.9 Å². The number of anilines is 1. The van der Waals surface area contributed by atoms with E-state index in [9.17, 15) is 9.90 Å². The summed E-state index contributed by atoms with van der Waals surface area (Å²) >= 11 is 6.53. The molecular formula is C23H24ClN7O3. The summed E-state index contributed by atoms with van der Waals surface area (Å²) in [4.78, 5) is 30.1. The van der Waals surface area contributed by atoms with Crippen LogP contribution >= 0.6 is 11.6 Å². The van der Waals surface area contributed by atoms with Crippen LogP contribution in [0, 0.1) is 0 Å². The smallest absolute Gasteiger partial charge is 0.251 e. The number of primary amides is 1. The average Bonchev–Trinajstić information content (AvgIpc) is 3.29. The minimum atomic E-state index is -0.935. The van der Waals surface area contributed by atoms with Gasteiger partial charge in [-0.25, -0.2) is 9.97 Å². The van der Waals surface area contributed by atoms with E-state index in [1.54, 1.807) is 6.07 Å². The Bertz CT molecular complexity index is 1370. The third-order valence-electron chi connectivity index (χ3n) is 6.02. The number of H-pyrrole nitrogens is 1. The SMILES string of the molecule is C[C@H](Nc1ncnc2[nH]cc(C(N)=O)c12)c1cc2cccc(Cl)c2c(C(O)N2CCOCC2)n1. The molecule has 3 aromatic heterocycles. The Hall–Kier alpha value is -3.31. The molecule has 0 bridgehead atoms. The number of ether oxygens (including phenoxy) is 1. The van der Waals surface area contributed by atoms with Gasteiger partial charge in [0.1, 0.15) is 17.8 Å². The van der Waals surface area contributed by atoms with Crippen molar-refractivity contribution in [2.45, 2.75) is 19.2 Å². The number of benzene rings is 1. The first-order valence-corrected chi connectivity index (χ1v) is 11.3. The van der Waals surface area contributed by atoms with Gasteiger partial charge >= 0.3 is 0 Å². The summed E-state index contributed by atoms with van der Waals surface area (Å²) in [6.07, 6.45) is 1.99. The number of aromatic amines is 1. The number of pyridine rings is 1. The molecule has 0 aliphatic carbocycles. The van der Waals surface area contributed by atoms with E-state index in [4.69, 9.17) is 27.1 Å². The lowest BCUT2D eigenvalue weighted by molar-refractivity contribution is -0.0616. The van der Waals surface area contributed by atoms with Gasteiger partial charge in [-0.2, -0.15) is 0 Å². The van der Waals surface area contributed by atoms with E-state index >= 15 is 0 Å². The Morgan fingerprint density at radius 2 is 2.09 bits per heavy atom. The molecule has 11 heteroatoms. The maximum Gasteiger partial charge on any atom is 0.251 e. The fraction of sp³-hybridized carbons (Fsp3) is 0.304. The number of nitrogens with one attached hydrogen (secondary N) is 2. The molecule has 1 unspecified atom stereocenters. The van der Waals surface area contributed by atoms with Crippen molar-refractivity contribution < 1.29 is 14.6 Å². The summed E-state index contributed by atoms with van der Waals surface area (Å²) in [5.41, 5.74) is 7.49. The predicted octanol–water partition coefficient (Wildman–Crippen LogP) is 2.75. The van der Waals surface area contributed by atoms with Gasteiger partial charge in [-0.15, -0.1) is 0 Å². The van der Waals surface area contributed by atoms with Gasteiger partial charge in [-0.05, 0) is 24.4 Å². The van der Waals surface area contributed by atoms with Crippen molar-refractivity contribution in [3.8, 4) is 0 Å². The highest BCUT2D eigenvalue weighted by Gasteiger charge is 2.26. The Balaban J connectivity index is 1.56. The number of nitrogens with zero attached hydrogens (tertiary/aromatic N) is 4. The zero-order valence-corrected chi connectivity index (χ0v) is 19.2. The number of fused-ring (bicyclic) bond motifs is 2. The number of carbonyl (C=O) groups excluding carboxylic acids is 1. The van der Waals surface area contributed by atoms with Gasteiger partial charge in [0.2, 0.25) is 0 Å². The molecule has 5 N–H and O–H groups in total. The van der Waals surface area contributed by atoms with Crippen LogP contribution in [-0.2, 0) is 4.74 Å². The molecule has 4 aromatic rings. The van der Waals surface area contributed by atoms with Crippen molar-refractivity contribution in [2.75, 3.05) is 31.6 Å². The number of halogens is 1. The van der Waals surface area contributed by atoms with E-state index in [-0.39, 0.29) is 6.04 Å². The molecule has 1 aliphatic heterocycles. The van der Waals surface area contributed by atoms with Gasteiger partial charge in [0, 0.05) is 24.7 Å². The van der Waals surface area contributed by atoms with E-state index in [2.05, 4.69) is 20.3 Å². The lowest BCUT2D eigenvalue weighted by atomic mass is 10.0. The minimum Gasteiger partial charge on any atom is -0.379 e. The van der Waals surface area contributed by atoms with Crippen molar-refractivity contribution in [1.29, 1.82) is 0 Å². The quantitative estimate of drug-likeness (QED) is 0.329. The molecule has 0 radical (unpaired) electrons. The van der Waals surface area contributed by atoms with Crippen LogP contribution in [0.2, 0.25) is 5.02 Å². The zero-order chi connectivity index (χ0) is 23.8. The summed E-state index contributed by atoms with van der Waals surface area (Å²) in [6, 6.07) is 7.20. The van der Waals surface area contributed by atoms with Crippen LogP contribution in [0.5, 0.6) is 0 Å². The minimum absolute atomic E-state index is 0.298. The van der Waals surface area contributed by atoms with E-state index in [0.29, 0.717) is 70.5 Å². The first kappa shape index (κ1) is 22.5. The molecule has 0 saturated carbocycles. The summed E-state index contributed by atoms with van der Waals surface area (Å²) in [6.45, 7) is 4.20. The molecule has 1 fully saturated rings. The second kappa shape index (κ2) is 9.15. The zero-order valence-electron chi connectivity index (χ0n) is 18.5. The number of nitrogens with two attached hydrogens (primary N) is 1. The van der Waals surface area contributed by atoms with Gasteiger partial charge in [-0.3, -0.25) is 14.7 Å².